The minimum Gasteiger partial charge on any atom is -0.444 e. The van der Waals surface area contributed by atoms with Gasteiger partial charge in [0.05, 0.1) is 18.4 Å². The van der Waals surface area contributed by atoms with Gasteiger partial charge in [-0.15, -0.1) is 0 Å². The molecular formula is C16H31NO5S. The van der Waals surface area contributed by atoms with Crippen molar-refractivity contribution in [2.24, 2.45) is 5.92 Å². The highest BCUT2D eigenvalue weighted by atomic mass is 32.2. The van der Waals surface area contributed by atoms with Gasteiger partial charge in [0.1, 0.15) is 5.60 Å². The van der Waals surface area contributed by atoms with E-state index in [9.17, 15) is 13.2 Å². The Hall–Kier alpha value is -0.820. The zero-order chi connectivity index (χ0) is 17.7. The molecule has 136 valence electrons. The summed E-state index contributed by atoms with van der Waals surface area (Å²) in [7, 11) is -3.57. The van der Waals surface area contributed by atoms with Crippen molar-refractivity contribution in [3.05, 3.63) is 0 Å². The highest BCUT2D eigenvalue weighted by molar-refractivity contribution is 7.86. The van der Waals surface area contributed by atoms with Crippen molar-refractivity contribution < 1.29 is 22.1 Å². The first-order chi connectivity index (χ1) is 10.5. The lowest BCUT2D eigenvalue weighted by molar-refractivity contribution is 0.0436. The molecule has 2 atom stereocenters. The van der Waals surface area contributed by atoms with Gasteiger partial charge in [0.2, 0.25) is 0 Å². The summed E-state index contributed by atoms with van der Waals surface area (Å²) in [5.74, 6) is 0.481. The van der Waals surface area contributed by atoms with Crippen LogP contribution in [0.5, 0.6) is 0 Å². The van der Waals surface area contributed by atoms with Gasteiger partial charge in [-0.3, -0.25) is 4.18 Å². The van der Waals surface area contributed by atoms with Crippen LogP contribution >= 0.6 is 0 Å². The minimum atomic E-state index is -3.57. The molecule has 1 saturated carbocycles. The Labute approximate surface area is 140 Å². The lowest BCUT2D eigenvalue weighted by atomic mass is 9.84. The molecule has 1 N–H and O–H groups in total. The molecule has 23 heavy (non-hydrogen) atoms. The predicted molar refractivity (Wildman–Crippen MR) is 89.7 cm³/mol. The fourth-order valence-electron chi connectivity index (χ4n) is 2.95. The second-order valence-electron chi connectivity index (χ2n) is 7.50. The quantitative estimate of drug-likeness (QED) is 0.745. The zero-order valence-electron chi connectivity index (χ0n) is 14.9. The van der Waals surface area contributed by atoms with Crippen LogP contribution in [0, 0.1) is 5.92 Å². The van der Waals surface area contributed by atoms with E-state index in [1.54, 1.807) is 27.7 Å². The smallest absolute Gasteiger partial charge is 0.407 e. The molecule has 0 bridgehead atoms. The fourth-order valence-corrected chi connectivity index (χ4v) is 3.64. The van der Waals surface area contributed by atoms with Crippen molar-refractivity contribution >= 4 is 16.2 Å². The molecule has 0 heterocycles. The highest BCUT2D eigenvalue weighted by Crippen LogP contribution is 2.28. The lowest BCUT2D eigenvalue weighted by Crippen LogP contribution is -2.47. The topological polar surface area (TPSA) is 81.7 Å². The Balaban J connectivity index is 2.72. The standard InChI is InChI=1S/C16H31NO5S/c1-12(22-23(5,19)20)14(11-13-9-7-6-8-10-13)17-15(18)21-16(2,3)4/h12-14H,6-11H2,1-5H3,(H,17,18)/t12-,14+/m1/s1. The summed E-state index contributed by atoms with van der Waals surface area (Å²) in [6, 6.07) is -0.386. The number of amides is 1. The SMILES string of the molecule is C[C@@H](OS(C)(=O)=O)[C@H](CC1CCCCC1)NC(=O)OC(C)(C)C. The Kier molecular flexibility index (Phi) is 7.32. The van der Waals surface area contributed by atoms with E-state index in [2.05, 4.69) is 5.32 Å². The normalized spacial score (nSPS) is 19.9. The minimum absolute atomic E-state index is 0.386. The van der Waals surface area contributed by atoms with E-state index < -0.39 is 27.9 Å². The average Bonchev–Trinajstić information content (AvgIpc) is 2.34. The van der Waals surface area contributed by atoms with Crippen LogP contribution in [0.3, 0.4) is 0 Å². The van der Waals surface area contributed by atoms with Crippen molar-refractivity contribution in [3.63, 3.8) is 0 Å². The Bertz CT molecular complexity index is 477. The molecule has 1 aliphatic rings. The molecule has 0 saturated heterocycles. The largest absolute Gasteiger partial charge is 0.444 e. The van der Waals surface area contributed by atoms with Crippen LogP contribution < -0.4 is 5.32 Å². The maximum atomic E-state index is 12.0. The summed E-state index contributed by atoms with van der Waals surface area (Å²) < 4.78 is 33.1. The maximum Gasteiger partial charge on any atom is 0.407 e. The van der Waals surface area contributed by atoms with Gasteiger partial charge >= 0.3 is 6.09 Å². The summed E-state index contributed by atoms with van der Waals surface area (Å²) in [6.07, 6.45) is 6.40. The zero-order valence-corrected chi connectivity index (χ0v) is 15.7. The van der Waals surface area contributed by atoms with E-state index in [0.29, 0.717) is 12.3 Å². The second-order valence-corrected chi connectivity index (χ2v) is 9.10. The Morgan fingerprint density at radius 2 is 1.78 bits per heavy atom. The Morgan fingerprint density at radius 1 is 1.22 bits per heavy atom. The van der Waals surface area contributed by atoms with E-state index in [1.807, 2.05) is 0 Å². The van der Waals surface area contributed by atoms with Gasteiger partial charge < -0.3 is 10.1 Å². The molecule has 0 aromatic carbocycles. The first kappa shape index (κ1) is 20.2. The molecule has 7 heteroatoms. The molecular weight excluding hydrogens is 318 g/mol. The maximum absolute atomic E-state index is 12.0. The summed E-state index contributed by atoms with van der Waals surface area (Å²) in [5.41, 5.74) is -0.597. The van der Waals surface area contributed by atoms with E-state index in [1.165, 1.54) is 19.3 Å². The van der Waals surface area contributed by atoms with Crippen LogP contribution in [0.15, 0.2) is 0 Å². The molecule has 1 rings (SSSR count). The van der Waals surface area contributed by atoms with Crippen molar-refractivity contribution in [2.45, 2.75) is 84.0 Å². The van der Waals surface area contributed by atoms with Gasteiger partial charge in [0.25, 0.3) is 10.1 Å². The predicted octanol–water partition coefficient (Wildman–Crippen LogP) is 3.21. The van der Waals surface area contributed by atoms with Gasteiger partial charge in [-0.2, -0.15) is 8.42 Å². The number of ether oxygens (including phenoxy) is 1. The molecule has 1 amide bonds. The molecule has 0 spiro atoms. The molecule has 0 radical (unpaired) electrons. The van der Waals surface area contributed by atoms with Gasteiger partial charge in [-0.05, 0) is 40.0 Å². The number of alkyl carbamates (subject to hydrolysis) is 1. The van der Waals surface area contributed by atoms with Gasteiger partial charge in [0, 0.05) is 0 Å². The molecule has 0 aliphatic heterocycles. The summed E-state index contributed by atoms with van der Waals surface area (Å²) in [6.45, 7) is 7.05. The third kappa shape index (κ3) is 9.15. The van der Waals surface area contributed by atoms with E-state index in [4.69, 9.17) is 8.92 Å². The highest BCUT2D eigenvalue weighted by Gasteiger charge is 2.29. The average molecular weight is 349 g/mol. The number of hydrogen-bond acceptors (Lipinski definition) is 5. The van der Waals surface area contributed by atoms with Crippen molar-refractivity contribution in [3.8, 4) is 0 Å². The van der Waals surface area contributed by atoms with Crippen LogP contribution in [0.1, 0.15) is 66.2 Å². The first-order valence-corrected chi connectivity index (χ1v) is 10.2. The van der Waals surface area contributed by atoms with Crippen molar-refractivity contribution in [2.75, 3.05) is 6.26 Å². The third-order valence-electron chi connectivity index (χ3n) is 3.91. The molecule has 1 aliphatic carbocycles. The lowest BCUT2D eigenvalue weighted by Gasteiger charge is -2.31. The fraction of sp³-hybridized carbons (Fsp3) is 0.938. The summed E-state index contributed by atoms with van der Waals surface area (Å²) in [5, 5.41) is 2.79. The number of hydrogen-bond donors (Lipinski definition) is 1. The second kappa shape index (κ2) is 8.33. The number of carbonyl (C=O) groups is 1. The van der Waals surface area contributed by atoms with Gasteiger partial charge in [-0.25, -0.2) is 4.79 Å². The van der Waals surface area contributed by atoms with Crippen molar-refractivity contribution in [1.29, 1.82) is 0 Å². The molecule has 1 fully saturated rings. The number of nitrogens with one attached hydrogen (secondary N) is 1. The van der Waals surface area contributed by atoms with Gasteiger partial charge in [0.15, 0.2) is 0 Å². The number of rotatable bonds is 6. The summed E-state index contributed by atoms with van der Waals surface area (Å²) >= 11 is 0. The molecule has 6 nitrogen and oxygen atoms in total. The van der Waals surface area contributed by atoms with E-state index >= 15 is 0 Å². The molecule has 0 aromatic rings. The van der Waals surface area contributed by atoms with Crippen molar-refractivity contribution in [1.82, 2.24) is 5.32 Å². The van der Waals surface area contributed by atoms with Crippen LogP contribution in [-0.4, -0.2) is 38.5 Å². The number of carbonyl (C=O) groups excluding carboxylic acids is 1. The first-order valence-electron chi connectivity index (χ1n) is 8.34. The third-order valence-corrected chi connectivity index (χ3v) is 4.56. The van der Waals surface area contributed by atoms with Gasteiger partial charge in [-0.1, -0.05) is 32.1 Å². The van der Waals surface area contributed by atoms with Crippen LogP contribution in [0.4, 0.5) is 4.79 Å². The molecule has 0 unspecified atom stereocenters. The van der Waals surface area contributed by atoms with Crippen LogP contribution in [0.25, 0.3) is 0 Å². The van der Waals surface area contributed by atoms with E-state index in [-0.39, 0.29) is 6.04 Å². The van der Waals surface area contributed by atoms with E-state index in [0.717, 1.165) is 19.1 Å². The molecule has 0 aromatic heterocycles. The Morgan fingerprint density at radius 3 is 2.26 bits per heavy atom. The van der Waals surface area contributed by atoms with Crippen LogP contribution in [-0.2, 0) is 19.0 Å². The monoisotopic (exact) mass is 349 g/mol. The summed E-state index contributed by atoms with van der Waals surface area (Å²) in [4.78, 5) is 12.0. The van der Waals surface area contributed by atoms with Crippen LogP contribution in [0.2, 0.25) is 0 Å².